The van der Waals surface area contributed by atoms with Crippen molar-refractivity contribution >= 4 is 0 Å². The molecule has 0 aliphatic carbocycles. The van der Waals surface area contributed by atoms with E-state index in [0.29, 0.717) is 30.1 Å². The van der Waals surface area contributed by atoms with Crippen molar-refractivity contribution in [2.24, 2.45) is 0 Å². The quantitative estimate of drug-likeness (QED) is 0.878. The van der Waals surface area contributed by atoms with Crippen LogP contribution in [0, 0.1) is 0 Å². The maximum Gasteiger partial charge on any atom is 0.283 e. The van der Waals surface area contributed by atoms with E-state index in [-0.39, 0.29) is 0 Å². The first-order chi connectivity index (χ1) is 8.83. The number of piperazine rings is 1. The molecule has 1 atom stereocenters. The zero-order valence-electron chi connectivity index (χ0n) is 10.3. The van der Waals surface area contributed by atoms with Crippen LogP contribution in [0.2, 0.25) is 0 Å². The number of aromatic nitrogens is 2. The third-order valence-electron chi connectivity index (χ3n) is 3.18. The van der Waals surface area contributed by atoms with Gasteiger partial charge >= 0.3 is 0 Å². The van der Waals surface area contributed by atoms with E-state index in [2.05, 4.69) is 27.3 Å². The Morgan fingerprint density at radius 3 is 3.22 bits per heavy atom. The first-order valence-corrected chi connectivity index (χ1v) is 6.14. The van der Waals surface area contributed by atoms with Gasteiger partial charge in [0, 0.05) is 25.7 Å². The van der Waals surface area contributed by atoms with Crippen LogP contribution in [0.15, 0.2) is 27.2 Å². The highest BCUT2D eigenvalue weighted by molar-refractivity contribution is 5.42. The van der Waals surface area contributed by atoms with Crippen LogP contribution in [0.1, 0.15) is 12.8 Å². The molecular weight excluding hydrogens is 232 g/mol. The summed E-state index contributed by atoms with van der Waals surface area (Å²) in [5.41, 5.74) is 0. The molecular formula is C12H16N4O2. The van der Waals surface area contributed by atoms with Crippen LogP contribution < -0.4 is 5.32 Å². The Kier molecular flexibility index (Phi) is 3.12. The molecule has 3 heterocycles. The van der Waals surface area contributed by atoms with Crippen LogP contribution in [-0.4, -0.2) is 40.8 Å². The minimum atomic E-state index is 0.442. The first-order valence-electron chi connectivity index (χ1n) is 6.14. The van der Waals surface area contributed by atoms with Gasteiger partial charge in [-0.1, -0.05) is 0 Å². The molecule has 3 rings (SSSR count). The second-order valence-electron chi connectivity index (χ2n) is 4.50. The normalized spacial score (nSPS) is 21.3. The minimum absolute atomic E-state index is 0.442. The van der Waals surface area contributed by atoms with Gasteiger partial charge in [0.25, 0.3) is 5.89 Å². The third-order valence-corrected chi connectivity index (χ3v) is 3.18. The molecule has 0 saturated carbocycles. The molecule has 0 radical (unpaired) electrons. The number of nitrogens with zero attached hydrogens (tertiary/aromatic N) is 3. The Morgan fingerprint density at radius 1 is 1.50 bits per heavy atom. The van der Waals surface area contributed by atoms with E-state index in [0.717, 1.165) is 19.6 Å². The van der Waals surface area contributed by atoms with Crippen molar-refractivity contribution in [2.45, 2.75) is 19.5 Å². The predicted octanol–water partition coefficient (Wildman–Crippen LogP) is 1.12. The molecule has 1 aliphatic rings. The Balaban J connectivity index is 1.70. The lowest BCUT2D eigenvalue weighted by atomic mass is 10.2. The van der Waals surface area contributed by atoms with E-state index in [9.17, 15) is 0 Å². The number of rotatable bonds is 3. The monoisotopic (exact) mass is 248 g/mol. The standard InChI is InChI=1S/C12H16N4O2/c1-9-7-13-4-5-16(9)8-11-14-15-12(18-11)10-3-2-6-17-10/h2-3,6,9,13H,4-5,7-8H2,1H3. The lowest BCUT2D eigenvalue weighted by molar-refractivity contribution is 0.151. The zero-order chi connectivity index (χ0) is 12.4. The molecule has 2 aromatic heterocycles. The molecule has 2 aromatic rings. The molecule has 96 valence electrons. The van der Waals surface area contributed by atoms with Crippen molar-refractivity contribution in [1.29, 1.82) is 0 Å². The second kappa shape index (κ2) is 4.91. The molecule has 1 aliphatic heterocycles. The fourth-order valence-electron chi connectivity index (χ4n) is 2.11. The molecule has 6 heteroatoms. The van der Waals surface area contributed by atoms with Crippen LogP contribution in [0.3, 0.4) is 0 Å². The smallest absolute Gasteiger partial charge is 0.283 e. The van der Waals surface area contributed by atoms with Crippen LogP contribution in [0.4, 0.5) is 0 Å². The Labute approximate surface area is 105 Å². The van der Waals surface area contributed by atoms with Gasteiger partial charge < -0.3 is 14.2 Å². The number of hydrogen-bond donors (Lipinski definition) is 1. The van der Waals surface area contributed by atoms with Gasteiger partial charge in [-0.2, -0.15) is 0 Å². The van der Waals surface area contributed by atoms with E-state index < -0.39 is 0 Å². The molecule has 1 unspecified atom stereocenters. The molecule has 6 nitrogen and oxygen atoms in total. The molecule has 0 amide bonds. The SMILES string of the molecule is CC1CNCCN1Cc1nnc(-c2ccco2)o1. The van der Waals surface area contributed by atoms with E-state index in [1.54, 1.807) is 12.3 Å². The van der Waals surface area contributed by atoms with E-state index >= 15 is 0 Å². The summed E-state index contributed by atoms with van der Waals surface area (Å²) in [5.74, 6) is 1.69. The fraction of sp³-hybridized carbons (Fsp3) is 0.500. The number of furan rings is 1. The Bertz CT molecular complexity index is 494. The highest BCUT2D eigenvalue weighted by atomic mass is 16.4. The van der Waals surface area contributed by atoms with Crippen molar-refractivity contribution in [3.05, 3.63) is 24.3 Å². The summed E-state index contributed by atoms with van der Waals surface area (Å²) in [4.78, 5) is 2.33. The maximum atomic E-state index is 5.60. The highest BCUT2D eigenvalue weighted by Gasteiger charge is 2.20. The summed E-state index contributed by atoms with van der Waals surface area (Å²) in [6.07, 6.45) is 1.59. The summed E-state index contributed by atoms with van der Waals surface area (Å²) in [6, 6.07) is 4.10. The Hall–Kier alpha value is -1.66. The molecule has 1 N–H and O–H groups in total. The third kappa shape index (κ3) is 2.30. The van der Waals surface area contributed by atoms with Crippen LogP contribution in [-0.2, 0) is 6.54 Å². The average molecular weight is 248 g/mol. The van der Waals surface area contributed by atoms with Crippen molar-refractivity contribution < 1.29 is 8.83 Å². The van der Waals surface area contributed by atoms with E-state index in [1.165, 1.54) is 0 Å². The lowest BCUT2D eigenvalue weighted by Crippen LogP contribution is -2.49. The van der Waals surface area contributed by atoms with Gasteiger partial charge in [-0.3, -0.25) is 4.90 Å². The summed E-state index contributed by atoms with van der Waals surface area (Å²) < 4.78 is 10.8. The van der Waals surface area contributed by atoms with E-state index in [4.69, 9.17) is 8.83 Å². The molecule has 1 fully saturated rings. The molecule has 1 saturated heterocycles. The highest BCUT2D eigenvalue weighted by Crippen LogP contribution is 2.19. The van der Waals surface area contributed by atoms with Gasteiger partial charge in [-0.25, -0.2) is 0 Å². The topological polar surface area (TPSA) is 67.3 Å². The van der Waals surface area contributed by atoms with Crippen molar-refractivity contribution in [3.8, 4) is 11.7 Å². The molecule has 0 spiro atoms. The van der Waals surface area contributed by atoms with Gasteiger partial charge in [0.05, 0.1) is 12.8 Å². The van der Waals surface area contributed by atoms with Gasteiger partial charge in [0.2, 0.25) is 5.89 Å². The summed E-state index contributed by atoms with van der Waals surface area (Å²) in [5, 5.41) is 11.4. The van der Waals surface area contributed by atoms with Gasteiger partial charge in [0.15, 0.2) is 5.76 Å². The van der Waals surface area contributed by atoms with Crippen molar-refractivity contribution in [2.75, 3.05) is 19.6 Å². The van der Waals surface area contributed by atoms with Gasteiger partial charge in [-0.05, 0) is 19.1 Å². The lowest BCUT2D eigenvalue weighted by Gasteiger charge is -2.32. The number of nitrogens with one attached hydrogen (secondary N) is 1. The molecule has 18 heavy (non-hydrogen) atoms. The second-order valence-corrected chi connectivity index (χ2v) is 4.50. The van der Waals surface area contributed by atoms with Gasteiger partial charge in [-0.15, -0.1) is 10.2 Å². The first kappa shape index (κ1) is 11.4. The van der Waals surface area contributed by atoms with Crippen molar-refractivity contribution in [1.82, 2.24) is 20.4 Å². The largest absolute Gasteiger partial charge is 0.459 e. The van der Waals surface area contributed by atoms with Crippen LogP contribution in [0.25, 0.3) is 11.7 Å². The summed E-state index contributed by atoms with van der Waals surface area (Å²) in [6.45, 7) is 5.88. The average Bonchev–Trinajstić information content (AvgIpc) is 3.02. The van der Waals surface area contributed by atoms with Crippen LogP contribution >= 0.6 is 0 Å². The molecule has 0 bridgehead atoms. The fourth-order valence-corrected chi connectivity index (χ4v) is 2.11. The van der Waals surface area contributed by atoms with Crippen molar-refractivity contribution in [3.63, 3.8) is 0 Å². The number of hydrogen-bond acceptors (Lipinski definition) is 6. The zero-order valence-corrected chi connectivity index (χ0v) is 10.3. The van der Waals surface area contributed by atoms with Gasteiger partial charge in [0.1, 0.15) is 0 Å². The van der Waals surface area contributed by atoms with Crippen LogP contribution in [0.5, 0.6) is 0 Å². The van der Waals surface area contributed by atoms with E-state index in [1.807, 2.05) is 6.07 Å². The molecule has 0 aromatic carbocycles. The summed E-state index contributed by atoms with van der Waals surface area (Å²) >= 11 is 0. The summed E-state index contributed by atoms with van der Waals surface area (Å²) in [7, 11) is 0. The minimum Gasteiger partial charge on any atom is -0.459 e. The predicted molar refractivity (Wildman–Crippen MR) is 64.7 cm³/mol. The Morgan fingerprint density at radius 2 is 2.44 bits per heavy atom. The maximum absolute atomic E-state index is 5.60.